The van der Waals surface area contributed by atoms with E-state index in [0.29, 0.717) is 0 Å². The Morgan fingerprint density at radius 2 is 0.509 bits per heavy atom. The van der Waals surface area contributed by atoms with E-state index in [9.17, 15) is 0 Å². The summed E-state index contributed by atoms with van der Waals surface area (Å²) in [5.74, 6) is 0. The molecule has 24 aromatic rings. The molecule has 0 spiro atoms. The Morgan fingerprint density at radius 3 is 1.06 bits per heavy atom. The second kappa shape index (κ2) is 25.0. The minimum Gasteiger partial charge on any atom is -0.309 e. The average Bonchev–Trinajstić information content (AvgIpc) is 1.58. The van der Waals surface area contributed by atoms with Gasteiger partial charge in [0.15, 0.2) is 0 Å². The molecule has 9 heterocycles. The number of hydrogen-bond acceptors (Lipinski definition) is 3. The van der Waals surface area contributed by atoms with Gasteiger partial charge in [0, 0.05) is 129 Å². The second-order valence-electron chi connectivity index (χ2n) is 30.0. The molecule has 0 fully saturated rings. The van der Waals surface area contributed by atoms with Gasteiger partial charge < -0.3 is 27.4 Å². The molecule has 24 rings (SSSR count). The molecule has 0 aliphatic rings. The fourth-order valence-electron chi connectivity index (χ4n) is 18.7. The summed E-state index contributed by atoms with van der Waals surface area (Å²) in [5.41, 5.74) is 31.7. The first kappa shape index (κ1) is 63.5. The largest absolute Gasteiger partial charge is 0.309 e. The smallest absolute Gasteiger partial charge is 0.0963 e. The number of rotatable bonds is 11. The predicted octanol–water partition coefficient (Wildman–Crippen LogP) is 26.8. The van der Waals surface area contributed by atoms with Crippen LogP contribution in [0.25, 0.3) is 221 Å². The molecule has 114 heavy (non-hydrogen) atoms. The normalized spacial score (nSPS) is 12.0. The molecule has 0 amide bonds. The number of benzene rings is 15. The third-order valence-corrected chi connectivity index (χ3v) is 23.7. The van der Waals surface area contributed by atoms with Crippen LogP contribution in [0.4, 0.5) is 0 Å². The molecule has 0 aliphatic carbocycles. The minimum atomic E-state index is 0.862. The van der Waals surface area contributed by atoms with Crippen LogP contribution < -0.4 is 0 Å². The molecule has 0 atom stereocenters. The number of hydrogen-bond donors (Lipinski definition) is 0. The first-order chi connectivity index (χ1) is 56.5. The minimum absolute atomic E-state index is 0.862. The van der Waals surface area contributed by atoms with Crippen molar-refractivity contribution in [2.45, 2.75) is 0 Å². The summed E-state index contributed by atoms with van der Waals surface area (Å²) in [4.78, 5) is 14.9. The van der Waals surface area contributed by atoms with E-state index in [1.165, 1.54) is 59.4 Å². The van der Waals surface area contributed by atoms with Crippen molar-refractivity contribution < 1.29 is 0 Å². The summed E-state index contributed by atoms with van der Waals surface area (Å²) in [6.07, 6.45) is 7.71. The lowest BCUT2D eigenvalue weighted by Gasteiger charge is -2.17. The van der Waals surface area contributed by atoms with Crippen molar-refractivity contribution in [2.75, 3.05) is 0 Å². The molecule has 0 saturated carbocycles. The van der Waals surface area contributed by atoms with Crippen LogP contribution in [-0.2, 0) is 0 Å². The summed E-state index contributed by atoms with van der Waals surface area (Å²) in [7, 11) is 0. The first-order valence-corrected chi connectivity index (χ1v) is 38.8. The van der Waals surface area contributed by atoms with E-state index in [2.05, 4.69) is 397 Å². The highest BCUT2D eigenvalue weighted by Gasteiger charge is 2.24. The highest BCUT2D eigenvalue weighted by molar-refractivity contribution is 6.16. The first-order valence-electron chi connectivity index (χ1n) is 38.8. The number of para-hydroxylation sites is 7. The third kappa shape index (κ3) is 9.76. The lowest BCUT2D eigenvalue weighted by Crippen LogP contribution is -2.00. The topological polar surface area (TPSA) is 68.2 Å². The van der Waals surface area contributed by atoms with Gasteiger partial charge >= 0.3 is 0 Å². The van der Waals surface area contributed by atoms with Crippen LogP contribution in [0.2, 0.25) is 0 Å². The quantitative estimate of drug-likeness (QED) is 0.130. The van der Waals surface area contributed by atoms with E-state index in [4.69, 9.17) is 15.0 Å². The Bertz CT molecular complexity index is 8030. The SMILES string of the molecule is c1ccc(-c2ccc3c(c2)c2ncccc2n3-c2cc(-c3cccc(-n4c5ccccc5c5ccc(-c6ccc7c(c6)c6ccccc6n7-c6cccc(-n7c8ccccc8c8cc(-c9cncc(-c%10cc(-n%11c%12ccccc%12c%12ccccc%12%11)ccn%10)c9)ccc87)c6)cc54)c3)cc(-n3c4ccccc4c4ccccc43)c2)cc1. The summed E-state index contributed by atoms with van der Waals surface area (Å²) in [6.45, 7) is 0. The number of aromatic nitrogens is 9. The van der Waals surface area contributed by atoms with Crippen LogP contribution in [0.3, 0.4) is 0 Å². The van der Waals surface area contributed by atoms with Crippen molar-refractivity contribution in [2.24, 2.45) is 0 Å². The molecular weight excluding hydrogens is 1390 g/mol. The van der Waals surface area contributed by atoms with Gasteiger partial charge in [-0.05, 0) is 203 Å². The monoisotopic (exact) mass is 1450 g/mol. The molecule has 530 valence electrons. The standard InChI is InChI=1S/C105H65N9/c1-2-21-66(22-3-1)68-43-49-102-91(59-68)105-103(41-20-51-108-105)114(102)80-56-72(55-79(62-80)113-96-37-14-6-29-83(96)84-30-7-15-38-97(84)113)67-23-18-24-75(54-67)112-95-36-13-8-31-85(95)88-46-42-71(60-104(88)112)69-44-47-100-89(57-69)86-32-9-16-39-98(86)109(100)76-25-19-26-77(61-76)110-99-40-17-10-33-87(99)90-58-70(45-48-101(90)110)73-53-74(65-106-64-73)92-63-78(50-52-107-92)111-93-34-11-4-27-81(93)82-28-5-12-35-94(82)111/h1-65H. The molecule has 9 heteroatoms. The number of fused-ring (bicyclic) bond motifs is 18. The molecule has 9 aromatic heterocycles. The van der Waals surface area contributed by atoms with E-state index in [1.54, 1.807) is 0 Å². The Hall–Kier alpha value is -15.5. The van der Waals surface area contributed by atoms with Crippen LogP contribution in [0, 0.1) is 0 Å². The van der Waals surface area contributed by atoms with Crippen molar-refractivity contribution in [1.82, 2.24) is 42.4 Å². The molecule has 0 radical (unpaired) electrons. The summed E-state index contributed by atoms with van der Waals surface area (Å²) >= 11 is 0. The van der Waals surface area contributed by atoms with Gasteiger partial charge in [-0.25, -0.2) is 0 Å². The molecule has 9 nitrogen and oxygen atoms in total. The van der Waals surface area contributed by atoms with Crippen LogP contribution >= 0.6 is 0 Å². The van der Waals surface area contributed by atoms with Crippen molar-refractivity contribution >= 4 is 131 Å². The van der Waals surface area contributed by atoms with Crippen molar-refractivity contribution in [3.8, 4) is 89.9 Å². The maximum absolute atomic E-state index is 5.09. The fourth-order valence-corrected chi connectivity index (χ4v) is 18.7. The molecule has 0 N–H and O–H groups in total. The fraction of sp³-hybridized carbons (Fsp3) is 0. The molecular formula is C105H65N9. The maximum Gasteiger partial charge on any atom is 0.0963 e. The molecule has 15 aromatic carbocycles. The van der Waals surface area contributed by atoms with E-state index in [0.717, 1.165) is 161 Å². The lowest BCUT2D eigenvalue weighted by atomic mass is 10.0. The number of pyridine rings is 3. The average molecular weight is 1450 g/mol. The van der Waals surface area contributed by atoms with Gasteiger partial charge in [0.2, 0.25) is 0 Å². The van der Waals surface area contributed by atoms with Crippen molar-refractivity contribution in [3.05, 3.63) is 395 Å². The Labute approximate surface area is 653 Å². The van der Waals surface area contributed by atoms with E-state index >= 15 is 0 Å². The zero-order valence-corrected chi connectivity index (χ0v) is 61.6. The van der Waals surface area contributed by atoms with Crippen LogP contribution in [0.1, 0.15) is 0 Å². The third-order valence-electron chi connectivity index (χ3n) is 23.7. The van der Waals surface area contributed by atoms with E-state index in [-0.39, 0.29) is 0 Å². The van der Waals surface area contributed by atoms with Gasteiger partial charge in [0.05, 0.1) is 77.4 Å². The summed E-state index contributed by atoms with van der Waals surface area (Å²) < 4.78 is 14.5. The summed E-state index contributed by atoms with van der Waals surface area (Å²) in [6, 6.07) is 136. The van der Waals surface area contributed by atoms with Crippen LogP contribution in [0.5, 0.6) is 0 Å². The maximum atomic E-state index is 5.09. The van der Waals surface area contributed by atoms with Crippen LogP contribution in [0.15, 0.2) is 395 Å². The van der Waals surface area contributed by atoms with Gasteiger partial charge in [-0.15, -0.1) is 0 Å². The predicted molar refractivity (Wildman–Crippen MR) is 473 cm³/mol. The Morgan fingerprint density at radius 1 is 0.158 bits per heavy atom. The molecule has 0 bridgehead atoms. The Kier molecular flexibility index (Phi) is 13.9. The zero-order chi connectivity index (χ0) is 74.6. The van der Waals surface area contributed by atoms with E-state index < -0.39 is 0 Å². The molecule has 0 aliphatic heterocycles. The van der Waals surface area contributed by atoms with Gasteiger partial charge in [-0.1, -0.05) is 206 Å². The van der Waals surface area contributed by atoms with Crippen LogP contribution in [-0.4, -0.2) is 42.4 Å². The highest BCUT2D eigenvalue weighted by Crippen LogP contribution is 2.45. The zero-order valence-electron chi connectivity index (χ0n) is 61.6. The van der Waals surface area contributed by atoms with E-state index in [1.807, 2.05) is 24.8 Å². The molecule has 0 saturated heterocycles. The Balaban J connectivity index is 0.598. The highest BCUT2D eigenvalue weighted by atomic mass is 15.0. The van der Waals surface area contributed by atoms with Gasteiger partial charge in [-0.3, -0.25) is 15.0 Å². The van der Waals surface area contributed by atoms with Gasteiger partial charge in [0.1, 0.15) is 0 Å². The van der Waals surface area contributed by atoms with Gasteiger partial charge in [0.25, 0.3) is 0 Å². The van der Waals surface area contributed by atoms with Crippen molar-refractivity contribution in [1.29, 1.82) is 0 Å². The van der Waals surface area contributed by atoms with Gasteiger partial charge in [-0.2, -0.15) is 0 Å². The summed E-state index contributed by atoms with van der Waals surface area (Å²) in [5, 5.41) is 13.1. The molecule has 0 unspecified atom stereocenters. The number of nitrogens with zero attached hydrogens (tertiary/aromatic N) is 9. The lowest BCUT2D eigenvalue weighted by molar-refractivity contribution is 1.13. The van der Waals surface area contributed by atoms with Crippen molar-refractivity contribution in [3.63, 3.8) is 0 Å². The second-order valence-corrected chi connectivity index (χ2v) is 30.0.